The van der Waals surface area contributed by atoms with Crippen molar-refractivity contribution in [3.05, 3.63) is 46.2 Å². The molecule has 0 bridgehead atoms. The van der Waals surface area contributed by atoms with Crippen molar-refractivity contribution in [1.29, 1.82) is 0 Å². The van der Waals surface area contributed by atoms with E-state index in [1.165, 1.54) is 0 Å². The van der Waals surface area contributed by atoms with Gasteiger partial charge in [0, 0.05) is 42.6 Å². The molecule has 0 unspecified atom stereocenters. The Labute approximate surface area is 132 Å². The van der Waals surface area contributed by atoms with Crippen molar-refractivity contribution in [2.75, 3.05) is 20.3 Å². The summed E-state index contributed by atoms with van der Waals surface area (Å²) in [5.74, 6) is 0.746. The molecule has 1 N–H and O–H groups in total. The number of methoxy groups -OCH3 is 1. The van der Waals surface area contributed by atoms with Gasteiger partial charge in [0.2, 0.25) is 0 Å². The standard InChI is InChI=1S/C15H18BrN3O2/c1-11-3-4-13(16)7-14(11)21-15-18-9-12(10-19-15)8-17-5-6-20-2/h3-4,7,9-10,17H,5-6,8H2,1-2H3. The molecular formula is C15H18BrN3O2. The molecule has 2 aromatic rings. The molecule has 1 aromatic heterocycles. The molecule has 0 aliphatic carbocycles. The van der Waals surface area contributed by atoms with Crippen molar-refractivity contribution in [1.82, 2.24) is 15.3 Å². The van der Waals surface area contributed by atoms with E-state index in [0.717, 1.165) is 27.9 Å². The second-order valence-electron chi connectivity index (χ2n) is 4.56. The fourth-order valence-corrected chi connectivity index (χ4v) is 2.02. The van der Waals surface area contributed by atoms with Gasteiger partial charge in [-0.15, -0.1) is 0 Å². The minimum absolute atomic E-state index is 0.344. The molecule has 21 heavy (non-hydrogen) atoms. The predicted octanol–water partition coefficient (Wildman–Crippen LogP) is 3.08. The average Bonchev–Trinajstić information content (AvgIpc) is 2.49. The van der Waals surface area contributed by atoms with Crippen LogP contribution in [0, 0.1) is 6.92 Å². The van der Waals surface area contributed by atoms with Crippen LogP contribution in [0.1, 0.15) is 11.1 Å². The van der Waals surface area contributed by atoms with Gasteiger partial charge in [0.1, 0.15) is 5.75 Å². The number of aromatic nitrogens is 2. The Kier molecular flexibility index (Phi) is 6.10. The maximum atomic E-state index is 5.70. The zero-order valence-corrected chi connectivity index (χ0v) is 13.7. The van der Waals surface area contributed by atoms with Crippen molar-refractivity contribution in [2.24, 2.45) is 0 Å². The first-order valence-electron chi connectivity index (χ1n) is 6.63. The number of aryl methyl sites for hydroxylation is 1. The highest BCUT2D eigenvalue weighted by molar-refractivity contribution is 9.10. The molecule has 0 saturated carbocycles. The van der Waals surface area contributed by atoms with Crippen molar-refractivity contribution in [3.63, 3.8) is 0 Å². The molecule has 0 saturated heterocycles. The number of nitrogens with one attached hydrogen (secondary N) is 1. The van der Waals surface area contributed by atoms with Gasteiger partial charge < -0.3 is 14.8 Å². The molecule has 0 radical (unpaired) electrons. The lowest BCUT2D eigenvalue weighted by Crippen LogP contribution is -2.18. The van der Waals surface area contributed by atoms with Gasteiger partial charge >= 0.3 is 6.01 Å². The topological polar surface area (TPSA) is 56.3 Å². The molecule has 0 atom stereocenters. The van der Waals surface area contributed by atoms with Crippen LogP contribution >= 0.6 is 15.9 Å². The van der Waals surface area contributed by atoms with Crippen molar-refractivity contribution >= 4 is 15.9 Å². The molecule has 2 rings (SSSR count). The summed E-state index contributed by atoms with van der Waals surface area (Å²) in [5.41, 5.74) is 2.04. The minimum Gasteiger partial charge on any atom is -0.424 e. The lowest BCUT2D eigenvalue weighted by atomic mass is 10.2. The summed E-state index contributed by atoms with van der Waals surface area (Å²) in [6.07, 6.45) is 3.52. The van der Waals surface area contributed by atoms with Crippen LogP contribution in [0.5, 0.6) is 11.8 Å². The summed E-state index contributed by atoms with van der Waals surface area (Å²) < 4.78 is 11.6. The van der Waals surface area contributed by atoms with E-state index in [0.29, 0.717) is 19.2 Å². The normalized spacial score (nSPS) is 10.6. The first-order valence-corrected chi connectivity index (χ1v) is 7.43. The highest BCUT2D eigenvalue weighted by Crippen LogP contribution is 2.26. The van der Waals surface area contributed by atoms with E-state index in [4.69, 9.17) is 9.47 Å². The van der Waals surface area contributed by atoms with E-state index in [1.807, 2.05) is 25.1 Å². The Balaban J connectivity index is 1.94. The van der Waals surface area contributed by atoms with E-state index in [1.54, 1.807) is 19.5 Å². The zero-order chi connectivity index (χ0) is 15.1. The Bertz CT molecular complexity index is 576. The summed E-state index contributed by atoms with van der Waals surface area (Å²) in [4.78, 5) is 8.45. The smallest absolute Gasteiger partial charge is 0.321 e. The van der Waals surface area contributed by atoms with Gasteiger partial charge in [-0.05, 0) is 24.6 Å². The van der Waals surface area contributed by atoms with E-state index in [9.17, 15) is 0 Å². The van der Waals surface area contributed by atoms with Crippen molar-refractivity contribution in [2.45, 2.75) is 13.5 Å². The van der Waals surface area contributed by atoms with Crippen LogP contribution < -0.4 is 10.1 Å². The van der Waals surface area contributed by atoms with E-state index in [-0.39, 0.29) is 0 Å². The molecule has 1 heterocycles. The third-order valence-electron chi connectivity index (χ3n) is 2.85. The quantitative estimate of drug-likeness (QED) is 0.776. The van der Waals surface area contributed by atoms with Gasteiger partial charge in [-0.2, -0.15) is 0 Å². The second-order valence-corrected chi connectivity index (χ2v) is 5.47. The van der Waals surface area contributed by atoms with Gasteiger partial charge in [0.05, 0.1) is 6.61 Å². The van der Waals surface area contributed by atoms with Gasteiger partial charge in [0.15, 0.2) is 0 Å². The fraction of sp³-hybridized carbons (Fsp3) is 0.333. The van der Waals surface area contributed by atoms with Crippen LogP contribution in [-0.4, -0.2) is 30.2 Å². The number of nitrogens with zero attached hydrogens (tertiary/aromatic N) is 2. The first-order chi connectivity index (χ1) is 10.2. The number of hydrogen-bond donors (Lipinski definition) is 1. The van der Waals surface area contributed by atoms with E-state index in [2.05, 4.69) is 31.2 Å². The molecule has 0 aliphatic heterocycles. The zero-order valence-electron chi connectivity index (χ0n) is 12.1. The van der Waals surface area contributed by atoms with Crippen molar-refractivity contribution in [3.8, 4) is 11.8 Å². The summed E-state index contributed by atoms with van der Waals surface area (Å²) in [6, 6.07) is 6.20. The molecule has 5 nitrogen and oxygen atoms in total. The first kappa shape index (κ1) is 15.9. The monoisotopic (exact) mass is 351 g/mol. The molecule has 1 aromatic carbocycles. The lowest BCUT2D eigenvalue weighted by Gasteiger charge is -2.08. The van der Waals surface area contributed by atoms with E-state index < -0.39 is 0 Å². The molecule has 0 spiro atoms. The molecular weight excluding hydrogens is 334 g/mol. The Hall–Kier alpha value is -1.50. The van der Waals surface area contributed by atoms with Crippen LogP contribution in [0.2, 0.25) is 0 Å². The third-order valence-corrected chi connectivity index (χ3v) is 3.34. The Morgan fingerprint density at radius 2 is 2.00 bits per heavy atom. The van der Waals surface area contributed by atoms with Gasteiger partial charge in [0.25, 0.3) is 0 Å². The molecule has 0 fully saturated rings. The highest BCUT2D eigenvalue weighted by Gasteiger charge is 2.05. The van der Waals surface area contributed by atoms with E-state index >= 15 is 0 Å². The number of halogens is 1. The highest BCUT2D eigenvalue weighted by atomic mass is 79.9. The minimum atomic E-state index is 0.344. The maximum Gasteiger partial charge on any atom is 0.321 e. The fourth-order valence-electron chi connectivity index (χ4n) is 1.68. The number of hydrogen-bond acceptors (Lipinski definition) is 5. The number of ether oxygens (including phenoxy) is 2. The predicted molar refractivity (Wildman–Crippen MR) is 84.6 cm³/mol. The van der Waals surface area contributed by atoms with Crippen LogP contribution in [-0.2, 0) is 11.3 Å². The molecule has 112 valence electrons. The Morgan fingerprint density at radius 1 is 1.24 bits per heavy atom. The Morgan fingerprint density at radius 3 is 2.71 bits per heavy atom. The van der Waals surface area contributed by atoms with Crippen LogP contribution in [0.25, 0.3) is 0 Å². The number of rotatable bonds is 7. The SMILES string of the molecule is COCCNCc1cnc(Oc2cc(Br)ccc2C)nc1. The molecule has 6 heteroatoms. The van der Waals surface area contributed by atoms with Crippen LogP contribution in [0.4, 0.5) is 0 Å². The van der Waals surface area contributed by atoms with Gasteiger partial charge in [-0.3, -0.25) is 0 Å². The summed E-state index contributed by atoms with van der Waals surface area (Å²) in [6.45, 7) is 4.17. The third kappa shape index (κ3) is 5.08. The number of benzene rings is 1. The van der Waals surface area contributed by atoms with Crippen molar-refractivity contribution < 1.29 is 9.47 Å². The van der Waals surface area contributed by atoms with Gasteiger partial charge in [-0.25, -0.2) is 9.97 Å². The summed E-state index contributed by atoms with van der Waals surface area (Å²) >= 11 is 3.42. The summed E-state index contributed by atoms with van der Waals surface area (Å²) in [7, 11) is 1.68. The van der Waals surface area contributed by atoms with Crippen LogP contribution in [0.15, 0.2) is 35.1 Å². The van der Waals surface area contributed by atoms with Gasteiger partial charge in [-0.1, -0.05) is 22.0 Å². The summed E-state index contributed by atoms with van der Waals surface area (Å²) in [5, 5.41) is 3.24. The average molecular weight is 352 g/mol. The lowest BCUT2D eigenvalue weighted by molar-refractivity contribution is 0.199. The largest absolute Gasteiger partial charge is 0.424 e. The second kappa shape index (κ2) is 8.07. The molecule has 0 amide bonds. The van der Waals surface area contributed by atoms with Crippen LogP contribution in [0.3, 0.4) is 0 Å². The maximum absolute atomic E-state index is 5.70. The molecule has 0 aliphatic rings.